The van der Waals surface area contributed by atoms with Crippen molar-refractivity contribution >= 4 is 0 Å². The Labute approximate surface area is 126 Å². The van der Waals surface area contributed by atoms with Gasteiger partial charge in [0.2, 0.25) is 6.79 Å². The molecule has 0 radical (unpaired) electrons. The molecular formula is C16H24N2O3. The molecule has 5 heteroatoms. The van der Waals surface area contributed by atoms with E-state index in [1.165, 1.54) is 13.0 Å². The maximum atomic E-state index is 10.4. The lowest BCUT2D eigenvalue weighted by atomic mass is 10.1. The Balaban J connectivity index is 1.53. The largest absolute Gasteiger partial charge is 0.454 e. The Bertz CT molecular complexity index is 473. The zero-order valence-electron chi connectivity index (χ0n) is 12.6. The highest BCUT2D eigenvalue weighted by molar-refractivity contribution is 5.45. The van der Waals surface area contributed by atoms with Crippen molar-refractivity contribution in [3.05, 3.63) is 23.8 Å². The lowest BCUT2D eigenvalue weighted by molar-refractivity contribution is 0.0725. The molecule has 1 atom stereocenters. The van der Waals surface area contributed by atoms with Gasteiger partial charge in [0.15, 0.2) is 11.5 Å². The molecule has 0 saturated carbocycles. The van der Waals surface area contributed by atoms with Gasteiger partial charge in [0.25, 0.3) is 0 Å². The van der Waals surface area contributed by atoms with E-state index in [9.17, 15) is 5.11 Å². The molecule has 21 heavy (non-hydrogen) atoms. The maximum Gasteiger partial charge on any atom is 0.231 e. The Kier molecular flexibility index (Phi) is 4.63. The molecule has 1 N–H and O–H groups in total. The quantitative estimate of drug-likeness (QED) is 0.890. The second-order valence-corrected chi connectivity index (χ2v) is 5.77. The third-order valence-corrected chi connectivity index (χ3v) is 4.22. The van der Waals surface area contributed by atoms with Crippen molar-refractivity contribution in [3.63, 3.8) is 0 Å². The average molecular weight is 292 g/mol. The first kappa shape index (κ1) is 14.6. The number of ether oxygens (including phenoxy) is 2. The van der Waals surface area contributed by atoms with Gasteiger partial charge in [0.1, 0.15) is 0 Å². The summed E-state index contributed by atoms with van der Waals surface area (Å²) in [6, 6.07) is 5.69. The van der Waals surface area contributed by atoms with Crippen LogP contribution >= 0.6 is 0 Å². The van der Waals surface area contributed by atoms with Crippen molar-refractivity contribution in [2.24, 2.45) is 0 Å². The number of aliphatic hydroxyl groups is 1. The van der Waals surface area contributed by atoms with Gasteiger partial charge in [-0.05, 0) is 30.7 Å². The van der Waals surface area contributed by atoms with Gasteiger partial charge in [-0.2, -0.15) is 0 Å². The SMILES string of the molecule is CCCN1CCN(CC(O)c2ccc3c(c2)OCO3)CC1. The lowest BCUT2D eigenvalue weighted by Gasteiger charge is -2.35. The molecule has 0 spiro atoms. The van der Waals surface area contributed by atoms with Crippen LogP contribution in [0.1, 0.15) is 25.0 Å². The Morgan fingerprint density at radius 2 is 1.81 bits per heavy atom. The van der Waals surface area contributed by atoms with Crippen molar-refractivity contribution in [2.45, 2.75) is 19.4 Å². The van der Waals surface area contributed by atoms with E-state index in [1.54, 1.807) is 0 Å². The molecule has 2 heterocycles. The first-order chi connectivity index (χ1) is 10.3. The molecule has 5 nitrogen and oxygen atoms in total. The van der Waals surface area contributed by atoms with Gasteiger partial charge in [-0.25, -0.2) is 0 Å². The standard InChI is InChI=1S/C16H24N2O3/c1-2-5-17-6-8-18(9-7-17)11-14(19)13-3-4-15-16(10-13)21-12-20-15/h3-4,10,14,19H,2,5-9,11-12H2,1H3. The Morgan fingerprint density at radius 3 is 2.57 bits per heavy atom. The molecule has 3 rings (SSSR count). The molecule has 0 aromatic heterocycles. The third-order valence-electron chi connectivity index (χ3n) is 4.22. The topological polar surface area (TPSA) is 45.2 Å². The number of fused-ring (bicyclic) bond motifs is 1. The first-order valence-corrected chi connectivity index (χ1v) is 7.78. The minimum atomic E-state index is -0.475. The van der Waals surface area contributed by atoms with E-state index >= 15 is 0 Å². The molecule has 1 saturated heterocycles. The summed E-state index contributed by atoms with van der Waals surface area (Å²) in [6.07, 6.45) is 0.733. The summed E-state index contributed by atoms with van der Waals surface area (Å²) in [5.74, 6) is 1.50. The summed E-state index contributed by atoms with van der Waals surface area (Å²) in [7, 11) is 0. The van der Waals surface area contributed by atoms with Crippen LogP contribution in [0.25, 0.3) is 0 Å². The van der Waals surface area contributed by atoms with Gasteiger partial charge in [-0.1, -0.05) is 13.0 Å². The molecule has 2 aliphatic rings. The van der Waals surface area contributed by atoms with Crippen LogP contribution in [0.3, 0.4) is 0 Å². The van der Waals surface area contributed by atoms with E-state index in [1.807, 2.05) is 18.2 Å². The van der Waals surface area contributed by atoms with Gasteiger partial charge in [-0.15, -0.1) is 0 Å². The smallest absolute Gasteiger partial charge is 0.231 e. The van der Waals surface area contributed by atoms with E-state index in [4.69, 9.17) is 9.47 Å². The normalized spacial score (nSPS) is 20.7. The predicted molar refractivity (Wildman–Crippen MR) is 80.7 cm³/mol. The molecule has 1 aromatic carbocycles. The van der Waals surface area contributed by atoms with Crippen LogP contribution in [0.5, 0.6) is 11.5 Å². The number of hydrogen-bond donors (Lipinski definition) is 1. The fourth-order valence-corrected chi connectivity index (χ4v) is 2.98. The number of rotatable bonds is 5. The number of nitrogens with zero attached hydrogens (tertiary/aromatic N) is 2. The minimum Gasteiger partial charge on any atom is -0.454 e. The van der Waals surface area contributed by atoms with Gasteiger partial charge in [-0.3, -0.25) is 4.90 Å². The molecule has 0 aliphatic carbocycles. The zero-order chi connectivity index (χ0) is 14.7. The second kappa shape index (κ2) is 6.64. The average Bonchev–Trinajstić information content (AvgIpc) is 2.97. The highest BCUT2D eigenvalue weighted by atomic mass is 16.7. The monoisotopic (exact) mass is 292 g/mol. The van der Waals surface area contributed by atoms with Crippen LogP contribution in [0.2, 0.25) is 0 Å². The molecule has 2 aliphatic heterocycles. The molecule has 1 aromatic rings. The van der Waals surface area contributed by atoms with E-state index < -0.39 is 6.10 Å². The second-order valence-electron chi connectivity index (χ2n) is 5.77. The maximum absolute atomic E-state index is 10.4. The molecular weight excluding hydrogens is 268 g/mol. The van der Waals surface area contributed by atoms with Gasteiger partial charge < -0.3 is 19.5 Å². The summed E-state index contributed by atoms with van der Waals surface area (Å²) in [6.45, 7) is 8.61. The van der Waals surface area contributed by atoms with Crippen LogP contribution in [0, 0.1) is 0 Å². The van der Waals surface area contributed by atoms with Gasteiger partial charge in [0.05, 0.1) is 6.10 Å². The van der Waals surface area contributed by atoms with E-state index in [0.29, 0.717) is 6.54 Å². The van der Waals surface area contributed by atoms with Crippen LogP contribution in [-0.2, 0) is 0 Å². The third kappa shape index (κ3) is 3.48. The Morgan fingerprint density at radius 1 is 1.10 bits per heavy atom. The van der Waals surface area contributed by atoms with E-state index in [-0.39, 0.29) is 6.79 Å². The van der Waals surface area contributed by atoms with Crippen molar-refractivity contribution in [1.29, 1.82) is 0 Å². The number of benzene rings is 1. The molecule has 116 valence electrons. The van der Waals surface area contributed by atoms with Crippen LogP contribution in [-0.4, -0.2) is 61.0 Å². The molecule has 1 unspecified atom stereocenters. The molecule has 0 amide bonds. The Hall–Kier alpha value is -1.30. The van der Waals surface area contributed by atoms with Crippen molar-refractivity contribution in [2.75, 3.05) is 46.1 Å². The highest BCUT2D eigenvalue weighted by Crippen LogP contribution is 2.34. The van der Waals surface area contributed by atoms with Crippen molar-refractivity contribution in [1.82, 2.24) is 9.80 Å². The summed E-state index contributed by atoms with van der Waals surface area (Å²) in [4.78, 5) is 4.82. The van der Waals surface area contributed by atoms with Crippen molar-refractivity contribution in [3.8, 4) is 11.5 Å². The first-order valence-electron chi connectivity index (χ1n) is 7.78. The predicted octanol–water partition coefficient (Wildman–Crippen LogP) is 1.48. The fraction of sp³-hybridized carbons (Fsp3) is 0.625. The number of β-amino-alcohol motifs (C(OH)–C–C–N with tert-alkyl or cyclic N) is 1. The molecule has 1 fully saturated rings. The number of piperazine rings is 1. The van der Waals surface area contributed by atoms with E-state index in [2.05, 4.69) is 16.7 Å². The van der Waals surface area contributed by atoms with Crippen LogP contribution in [0.4, 0.5) is 0 Å². The minimum absolute atomic E-state index is 0.272. The molecule has 0 bridgehead atoms. The highest BCUT2D eigenvalue weighted by Gasteiger charge is 2.21. The number of hydrogen-bond acceptors (Lipinski definition) is 5. The summed E-state index contributed by atoms with van der Waals surface area (Å²) >= 11 is 0. The summed E-state index contributed by atoms with van der Waals surface area (Å²) in [5.41, 5.74) is 0.898. The van der Waals surface area contributed by atoms with Crippen LogP contribution in [0.15, 0.2) is 18.2 Å². The zero-order valence-corrected chi connectivity index (χ0v) is 12.6. The van der Waals surface area contributed by atoms with Crippen molar-refractivity contribution < 1.29 is 14.6 Å². The summed E-state index contributed by atoms with van der Waals surface area (Å²) in [5, 5.41) is 10.4. The van der Waals surface area contributed by atoms with E-state index in [0.717, 1.165) is 43.2 Å². The lowest BCUT2D eigenvalue weighted by Crippen LogP contribution is -2.47. The number of aliphatic hydroxyl groups excluding tert-OH is 1. The van der Waals surface area contributed by atoms with Gasteiger partial charge >= 0.3 is 0 Å². The fourth-order valence-electron chi connectivity index (χ4n) is 2.98. The van der Waals surface area contributed by atoms with Gasteiger partial charge in [0, 0.05) is 32.7 Å². The van der Waals surface area contributed by atoms with Crippen LogP contribution < -0.4 is 9.47 Å². The summed E-state index contributed by atoms with van der Waals surface area (Å²) < 4.78 is 10.7.